The van der Waals surface area contributed by atoms with Gasteiger partial charge in [0.1, 0.15) is 11.6 Å². The molecule has 1 aromatic rings. The van der Waals surface area contributed by atoms with E-state index < -0.39 is 35.7 Å². The number of amides is 2. The van der Waals surface area contributed by atoms with Crippen molar-refractivity contribution in [2.75, 3.05) is 6.61 Å². The van der Waals surface area contributed by atoms with E-state index in [9.17, 15) is 23.5 Å². The number of aliphatic hydroxyl groups is 2. The number of rotatable bonds is 10. The second-order valence-electron chi connectivity index (χ2n) is 5.59. The fraction of sp³-hybridized carbons (Fsp3) is 0.500. The smallest absolute Gasteiger partial charge is 0.217 e. The molecule has 1 unspecified atom stereocenters. The fourth-order valence-corrected chi connectivity index (χ4v) is 2.50. The topological polar surface area (TPSA) is 98.7 Å². The van der Waals surface area contributed by atoms with Gasteiger partial charge in [-0.15, -0.1) is 0 Å². The number of benzene rings is 1. The third-order valence-corrected chi connectivity index (χ3v) is 3.54. The van der Waals surface area contributed by atoms with Gasteiger partial charge < -0.3 is 20.8 Å². The van der Waals surface area contributed by atoms with Crippen LogP contribution in [0.3, 0.4) is 0 Å². The van der Waals surface area contributed by atoms with Gasteiger partial charge in [0, 0.05) is 25.6 Å². The highest BCUT2D eigenvalue weighted by atomic mass is 19.1. The number of hydrogen-bond donors (Lipinski definition) is 4. The lowest BCUT2D eigenvalue weighted by Gasteiger charge is -2.27. The van der Waals surface area contributed by atoms with Gasteiger partial charge in [0.25, 0.3) is 0 Å². The average Bonchev–Trinajstić information content (AvgIpc) is 2.45. The lowest BCUT2D eigenvalue weighted by Crippen LogP contribution is -2.47. The Labute approximate surface area is 138 Å². The van der Waals surface area contributed by atoms with E-state index in [0.717, 1.165) is 18.2 Å². The molecule has 0 aliphatic heterocycles. The highest BCUT2D eigenvalue weighted by Crippen LogP contribution is 2.14. The highest BCUT2D eigenvalue weighted by molar-refractivity contribution is 5.73. The van der Waals surface area contributed by atoms with Gasteiger partial charge in [-0.05, 0) is 37.0 Å². The standard InChI is InChI=1S/C16H22F2N2O4/c1-10(23)20-15(6-11-4-12(17)7-13(18)5-11)16(24)8-14(2-3-21)19-9-22/h4-5,7,9,14-16,21,24H,2-3,6,8H2,1H3,(H,19,22)(H,20,23)/t14?,15-,16-/m0/s1. The van der Waals surface area contributed by atoms with Crippen molar-refractivity contribution in [1.82, 2.24) is 10.6 Å². The van der Waals surface area contributed by atoms with Gasteiger partial charge in [0.2, 0.25) is 12.3 Å². The summed E-state index contributed by atoms with van der Waals surface area (Å²) in [5.74, 6) is -1.90. The van der Waals surface area contributed by atoms with Gasteiger partial charge in [-0.3, -0.25) is 9.59 Å². The van der Waals surface area contributed by atoms with Gasteiger partial charge in [0.15, 0.2) is 0 Å². The molecule has 0 heterocycles. The molecule has 0 aromatic heterocycles. The zero-order chi connectivity index (χ0) is 18.1. The third-order valence-electron chi connectivity index (χ3n) is 3.54. The number of nitrogens with one attached hydrogen (secondary N) is 2. The van der Waals surface area contributed by atoms with Crippen molar-refractivity contribution in [2.24, 2.45) is 0 Å². The monoisotopic (exact) mass is 344 g/mol. The number of halogens is 2. The molecular formula is C16H22F2N2O4. The highest BCUT2D eigenvalue weighted by Gasteiger charge is 2.24. The minimum absolute atomic E-state index is 0.0162. The molecule has 2 amide bonds. The summed E-state index contributed by atoms with van der Waals surface area (Å²) in [6.07, 6.45) is -0.298. The summed E-state index contributed by atoms with van der Waals surface area (Å²) in [6.45, 7) is 1.08. The molecule has 6 nitrogen and oxygen atoms in total. The van der Waals surface area contributed by atoms with E-state index in [0.29, 0.717) is 6.41 Å². The summed E-state index contributed by atoms with van der Waals surface area (Å²) in [7, 11) is 0. The lowest BCUT2D eigenvalue weighted by atomic mass is 9.95. The van der Waals surface area contributed by atoms with Crippen molar-refractivity contribution in [3.63, 3.8) is 0 Å². The van der Waals surface area contributed by atoms with Gasteiger partial charge in [-0.2, -0.15) is 0 Å². The lowest BCUT2D eigenvalue weighted by molar-refractivity contribution is -0.120. The van der Waals surface area contributed by atoms with Crippen LogP contribution in [0.1, 0.15) is 25.3 Å². The summed E-state index contributed by atoms with van der Waals surface area (Å²) < 4.78 is 26.6. The van der Waals surface area contributed by atoms with E-state index in [4.69, 9.17) is 5.11 Å². The van der Waals surface area contributed by atoms with Crippen LogP contribution in [0, 0.1) is 11.6 Å². The Morgan fingerprint density at radius 1 is 1.29 bits per heavy atom. The molecule has 0 saturated carbocycles. The van der Waals surface area contributed by atoms with Crippen LogP contribution in [0.4, 0.5) is 8.78 Å². The number of hydrogen-bond acceptors (Lipinski definition) is 4. The first-order valence-electron chi connectivity index (χ1n) is 7.56. The predicted octanol–water partition coefficient (Wildman–Crippen LogP) is 0.260. The maximum atomic E-state index is 13.3. The Hall–Kier alpha value is -2.06. The normalized spacial score (nSPS) is 14.5. The first kappa shape index (κ1) is 20.0. The minimum atomic E-state index is -1.08. The molecule has 1 rings (SSSR count). The van der Waals surface area contributed by atoms with Gasteiger partial charge >= 0.3 is 0 Å². The zero-order valence-electron chi connectivity index (χ0n) is 13.3. The van der Waals surface area contributed by atoms with Gasteiger partial charge in [0.05, 0.1) is 12.1 Å². The van der Waals surface area contributed by atoms with Crippen molar-refractivity contribution in [3.8, 4) is 0 Å². The third kappa shape index (κ3) is 7.01. The first-order valence-corrected chi connectivity index (χ1v) is 7.56. The van der Waals surface area contributed by atoms with Gasteiger partial charge in [-0.1, -0.05) is 0 Å². The van der Waals surface area contributed by atoms with Crippen LogP contribution in [0.5, 0.6) is 0 Å². The van der Waals surface area contributed by atoms with E-state index in [1.54, 1.807) is 0 Å². The quantitative estimate of drug-likeness (QED) is 0.458. The van der Waals surface area contributed by atoms with Crippen LogP contribution in [0.2, 0.25) is 0 Å². The molecule has 3 atom stereocenters. The van der Waals surface area contributed by atoms with E-state index >= 15 is 0 Å². The molecule has 1 aromatic carbocycles. The molecule has 24 heavy (non-hydrogen) atoms. The summed E-state index contributed by atoms with van der Waals surface area (Å²) in [5.41, 5.74) is 0.285. The van der Waals surface area contributed by atoms with E-state index in [1.165, 1.54) is 6.92 Å². The van der Waals surface area contributed by atoms with Crippen molar-refractivity contribution in [2.45, 2.75) is 44.4 Å². The van der Waals surface area contributed by atoms with Crippen molar-refractivity contribution < 1.29 is 28.6 Å². The van der Waals surface area contributed by atoms with Crippen LogP contribution in [0.15, 0.2) is 18.2 Å². The van der Waals surface area contributed by atoms with Crippen LogP contribution in [0.25, 0.3) is 0 Å². The maximum Gasteiger partial charge on any atom is 0.217 e. The molecule has 0 aliphatic carbocycles. The molecule has 4 N–H and O–H groups in total. The Morgan fingerprint density at radius 3 is 2.42 bits per heavy atom. The molecule has 8 heteroatoms. The van der Waals surface area contributed by atoms with Crippen molar-refractivity contribution in [1.29, 1.82) is 0 Å². The van der Waals surface area contributed by atoms with E-state index in [1.807, 2.05) is 0 Å². The Bertz CT molecular complexity index is 537. The Kier molecular flexibility index (Phi) is 8.28. The number of aliphatic hydroxyl groups excluding tert-OH is 2. The number of carbonyl (C=O) groups is 2. The van der Waals surface area contributed by atoms with Gasteiger partial charge in [-0.25, -0.2) is 8.78 Å². The zero-order valence-corrected chi connectivity index (χ0v) is 13.3. The molecule has 134 valence electrons. The minimum Gasteiger partial charge on any atom is -0.396 e. The van der Waals surface area contributed by atoms with Crippen LogP contribution in [-0.4, -0.2) is 47.3 Å². The SMILES string of the molecule is CC(=O)N[C@@H](Cc1cc(F)cc(F)c1)[C@@H](O)CC(CCO)NC=O. The van der Waals surface area contributed by atoms with E-state index in [-0.39, 0.29) is 31.4 Å². The molecule has 0 radical (unpaired) electrons. The largest absolute Gasteiger partial charge is 0.396 e. The van der Waals surface area contributed by atoms with Crippen LogP contribution >= 0.6 is 0 Å². The number of carbonyl (C=O) groups excluding carboxylic acids is 2. The van der Waals surface area contributed by atoms with Crippen molar-refractivity contribution >= 4 is 12.3 Å². The first-order chi connectivity index (χ1) is 11.3. The van der Waals surface area contributed by atoms with Crippen molar-refractivity contribution in [3.05, 3.63) is 35.4 Å². The average molecular weight is 344 g/mol. The summed E-state index contributed by atoms with van der Waals surface area (Å²) in [4.78, 5) is 21.9. The predicted molar refractivity (Wildman–Crippen MR) is 83.0 cm³/mol. The Morgan fingerprint density at radius 2 is 1.92 bits per heavy atom. The second kappa shape index (κ2) is 9.94. The maximum absolute atomic E-state index is 13.3. The molecule has 0 spiro atoms. The summed E-state index contributed by atoms with van der Waals surface area (Å²) in [5, 5.41) is 24.3. The second-order valence-corrected chi connectivity index (χ2v) is 5.59. The Balaban J connectivity index is 2.85. The molecule has 0 saturated heterocycles. The van der Waals surface area contributed by atoms with E-state index in [2.05, 4.69) is 10.6 Å². The molecule has 0 bridgehead atoms. The summed E-state index contributed by atoms with van der Waals surface area (Å²) in [6, 6.07) is 1.71. The molecular weight excluding hydrogens is 322 g/mol. The fourth-order valence-electron chi connectivity index (χ4n) is 2.50. The molecule has 0 aliphatic rings. The van der Waals surface area contributed by atoms with Crippen LogP contribution in [-0.2, 0) is 16.0 Å². The van der Waals surface area contributed by atoms with Crippen LogP contribution < -0.4 is 10.6 Å². The molecule has 0 fully saturated rings. The summed E-state index contributed by atoms with van der Waals surface area (Å²) >= 11 is 0.